The van der Waals surface area contributed by atoms with Crippen molar-refractivity contribution >= 4 is 5.95 Å². The summed E-state index contributed by atoms with van der Waals surface area (Å²) < 4.78 is 0. The van der Waals surface area contributed by atoms with Crippen LogP contribution in [0.4, 0.5) is 5.95 Å². The van der Waals surface area contributed by atoms with Crippen molar-refractivity contribution in [2.45, 2.75) is 20.4 Å². The molecule has 0 unspecified atom stereocenters. The van der Waals surface area contributed by atoms with E-state index in [1.54, 1.807) is 12.4 Å². The van der Waals surface area contributed by atoms with Gasteiger partial charge in [0.2, 0.25) is 5.95 Å². The van der Waals surface area contributed by atoms with Crippen molar-refractivity contribution < 1.29 is 0 Å². The van der Waals surface area contributed by atoms with Gasteiger partial charge >= 0.3 is 0 Å². The number of hydrogen-bond donors (Lipinski definition) is 1. The van der Waals surface area contributed by atoms with Gasteiger partial charge in [0.25, 0.3) is 0 Å². The fourth-order valence-electron chi connectivity index (χ4n) is 1.39. The highest BCUT2D eigenvalue weighted by Gasteiger charge is 1.99. The number of rotatable bonds is 3. The second-order valence-corrected chi connectivity index (χ2v) is 3.68. The number of anilines is 1. The zero-order valence-electron chi connectivity index (χ0n) is 9.44. The maximum Gasteiger partial charge on any atom is 0.223 e. The molecule has 2 aromatic rings. The second-order valence-electron chi connectivity index (χ2n) is 3.68. The minimum atomic E-state index is 0.656. The van der Waals surface area contributed by atoms with E-state index in [2.05, 4.69) is 27.2 Å². The van der Waals surface area contributed by atoms with Crippen LogP contribution < -0.4 is 5.32 Å². The van der Waals surface area contributed by atoms with Crippen molar-refractivity contribution in [1.29, 1.82) is 0 Å². The largest absolute Gasteiger partial charge is 0.350 e. The van der Waals surface area contributed by atoms with Gasteiger partial charge in [-0.2, -0.15) is 0 Å². The molecule has 0 saturated carbocycles. The Morgan fingerprint density at radius 2 is 2.06 bits per heavy atom. The van der Waals surface area contributed by atoms with Crippen LogP contribution in [0.3, 0.4) is 0 Å². The molecule has 0 aliphatic carbocycles. The molecule has 0 atom stereocenters. The average Bonchev–Trinajstić information content (AvgIpc) is 2.28. The summed E-state index contributed by atoms with van der Waals surface area (Å²) in [4.78, 5) is 12.5. The second kappa shape index (κ2) is 4.70. The fraction of sp³-hybridized carbons (Fsp3) is 0.250. The summed E-state index contributed by atoms with van der Waals surface area (Å²) in [6.07, 6.45) is 5.40. The molecule has 82 valence electrons. The van der Waals surface area contributed by atoms with Gasteiger partial charge in [0, 0.05) is 30.8 Å². The molecule has 0 aromatic carbocycles. The Hall–Kier alpha value is -1.97. The zero-order chi connectivity index (χ0) is 11.4. The van der Waals surface area contributed by atoms with Gasteiger partial charge < -0.3 is 5.32 Å². The van der Waals surface area contributed by atoms with E-state index in [-0.39, 0.29) is 0 Å². The van der Waals surface area contributed by atoms with E-state index in [0.717, 1.165) is 11.3 Å². The first-order valence-electron chi connectivity index (χ1n) is 5.19. The first-order chi connectivity index (χ1) is 7.75. The molecule has 0 fully saturated rings. The maximum absolute atomic E-state index is 4.28. The van der Waals surface area contributed by atoms with Crippen molar-refractivity contribution in [2.75, 3.05) is 5.32 Å². The zero-order valence-corrected chi connectivity index (χ0v) is 9.44. The Bertz CT molecular complexity index is 482. The highest BCUT2D eigenvalue weighted by Crippen LogP contribution is 2.07. The highest BCUT2D eigenvalue weighted by molar-refractivity contribution is 5.30. The topological polar surface area (TPSA) is 50.7 Å². The molecule has 0 aliphatic rings. The number of hydrogen-bond acceptors (Lipinski definition) is 4. The van der Waals surface area contributed by atoms with E-state index < -0.39 is 0 Å². The van der Waals surface area contributed by atoms with Crippen LogP contribution in [-0.4, -0.2) is 15.0 Å². The van der Waals surface area contributed by atoms with Crippen LogP contribution in [0, 0.1) is 13.8 Å². The lowest BCUT2D eigenvalue weighted by Gasteiger charge is -2.06. The quantitative estimate of drug-likeness (QED) is 0.850. The maximum atomic E-state index is 4.28. The number of pyridine rings is 1. The number of nitrogens with one attached hydrogen (secondary N) is 1. The molecule has 0 spiro atoms. The third kappa shape index (κ3) is 2.53. The summed E-state index contributed by atoms with van der Waals surface area (Å²) in [5.41, 5.74) is 3.34. The molecule has 2 rings (SSSR count). The van der Waals surface area contributed by atoms with Crippen LogP contribution in [0.2, 0.25) is 0 Å². The molecule has 0 bridgehead atoms. The fourth-order valence-corrected chi connectivity index (χ4v) is 1.39. The third-order valence-corrected chi connectivity index (χ3v) is 2.38. The van der Waals surface area contributed by atoms with Crippen molar-refractivity contribution in [3.8, 4) is 0 Å². The van der Waals surface area contributed by atoms with Crippen molar-refractivity contribution in [3.63, 3.8) is 0 Å². The molecule has 0 radical (unpaired) electrons. The van der Waals surface area contributed by atoms with E-state index in [4.69, 9.17) is 0 Å². The predicted molar refractivity (Wildman–Crippen MR) is 63.1 cm³/mol. The SMILES string of the molecule is Cc1ccnc(NCc2cnccc2C)n1. The van der Waals surface area contributed by atoms with Gasteiger partial charge in [-0.25, -0.2) is 9.97 Å². The van der Waals surface area contributed by atoms with Gasteiger partial charge in [-0.05, 0) is 37.1 Å². The van der Waals surface area contributed by atoms with Crippen molar-refractivity contribution in [3.05, 3.63) is 47.5 Å². The van der Waals surface area contributed by atoms with E-state index in [1.165, 1.54) is 5.56 Å². The van der Waals surface area contributed by atoms with Gasteiger partial charge in [-0.15, -0.1) is 0 Å². The van der Waals surface area contributed by atoms with Crippen LogP contribution in [0.5, 0.6) is 0 Å². The van der Waals surface area contributed by atoms with Gasteiger partial charge in [-0.3, -0.25) is 4.98 Å². The molecule has 0 amide bonds. The Kier molecular flexibility index (Phi) is 3.10. The Morgan fingerprint density at radius 1 is 1.19 bits per heavy atom. The summed E-state index contributed by atoms with van der Waals surface area (Å²) in [7, 11) is 0. The van der Waals surface area contributed by atoms with Crippen LogP contribution in [0.25, 0.3) is 0 Å². The summed E-state index contributed by atoms with van der Waals surface area (Å²) in [6.45, 7) is 4.71. The standard InChI is InChI=1S/C12H14N4/c1-9-3-5-13-7-11(9)8-15-12-14-6-4-10(2)16-12/h3-7H,8H2,1-2H3,(H,14,15,16). The van der Waals surface area contributed by atoms with Gasteiger partial charge in [-0.1, -0.05) is 0 Å². The van der Waals surface area contributed by atoms with E-state index >= 15 is 0 Å². The van der Waals surface area contributed by atoms with Crippen LogP contribution >= 0.6 is 0 Å². The lowest BCUT2D eigenvalue weighted by Crippen LogP contribution is -2.05. The van der Waals surface area contributed by atoms with Crippen LogP contribution in [0.15, 0.2) is 30.7 Å². The van der Waals surface area contributed by atoms with Crippen molar-refractivity contribution in [2.24, 2.45) is 0 Å². The Labute approximate surface area is 94.8 Å². The lowest BCUT2D eigenvalue weighted by molar-refractivity contribution is 1.01. The summed E-state index contributed by atoms with van der Waals surface area (Å²) in [5, 5.41) is 3.18. The first kappa shape index (κ1) is 10.5. The Balaban J connectivity index is 2.05. The molecule has 4 nitrogen and oxygen atoms in total. The number of nitrogens with zero attached hydrogens (tertiary/aromatic N) is 3. The molecular formula is C12H14N4. The normalized spacial score (nSPS) is 10.1. The molecule has 2 aromatic heterocycles. The first-order valence-corrected chi connectivity index (χ1v) is 5.19. The molecule has 2 heterocycles. The van der Waals surface area contributed by atoms with Gasteiger partial charge in [0.05, 0.1) is 0 Å². The Morgan fingerprint density at radius 3 is 2.81 bits per heavy atom. The lowest BCUT2D eigenvalue weighted by atomic mass is 10.2. The molecular weight excluding hydrogens is 200 g/mol. The summed E-state index contributed by atoms with van der Waals surface area (Å²) in [6, 6.07) is 3.87. The monoisotopic (exact) mass is 214 g/mol. The molecule has 16 heavy (non-hydrogen) atoms. The van der Waals surface area contributed by atoms with E-state index in [9.17, 15) is 0 Å². The van der Waals surface area contributed by atoms with Crippen LogP contribution in [0.1, 0.15) is 16.8 Å². The van der Waals surface area contributed by atoms with E-state index in [0.29, 0.717) is 12.5 Å². The van der Waals surface area contributed by atoms with Crippen molar-refractivity contribution in [1.82, 2.24) is 15.0 Å². The summed E-state index contributed by atoms with van der Waals surface area (Å²) >= 11 is 0. The van der Waals surface area contributed by atoms with Gasteiger partial charge in [0.1, 0.15) is 0 Å². The van der Waals surface area contributed by atoms with Gasteiger partial charge in [0.15, 0.2) is 0 Å². The molecule has 4 heteroatoms. The summed E-state index contributed by atoms with van der Waals surface area (Å²) in [5.74, 6) is 0.656. The average molecular weight is 214 g/mol. The van der Waals surface area contributed by atoms with E-state index in [1.807, 2.05) is 25.3 Å². The minimum absolute atomic E-state index is 0.656. The minimum Gasteiger partial charge on any atom is -0.350 e. The number of aryl methyl sites for hydroxylation is 2. The van der Waals surface area contributed by atoms with Crippen LogP contribution in [-0.2, 0) is 6.54 Å². The predicted octanol–water partition coefficient (Wildman–Crippen LogP) is 2.10. The molecule has 0 aliphatic heterocycles. The molecule has 1 N–H and O–H groups in total. The highest BCUT2D eigenvalue weighted by atomic mass is 15.1. The number of aromatic nitrogens is 3. The third-order valence-electron chi connectivity index (χ3n) is 2.38. The smallest absolute Gasteiger partial charge is 0.223 e. The molecule has 0 saturated heterocycles.